The molecule has 0 aliphatic heterocycles. The Hall–Kier alpha value is -2.95. The number of benzene rings is 1. The first-order valence-electron chi connectivity index (χ1n) is 8.88. The third-order valence-electron chi connectivity index (χ3n) is 4.62. The van der Waals surface area contributed by atoms with Crippen molar-refractivity contribution in [3.63, 3.8) is 0 Å². The van der Waals surface area contributed by atoms with Gasteiger partial charge >= 0.3 is 0 Å². The molecule has 0 radical (unpaired) electrons. The molecule has 2 heterocycles. The normalized spacial score (nSPS) is 10.7. The number of aromatic nitrogens is 3. The van der Waals surface area contributed by atoms with E-state index in [9.17, 15) is 4.79 Å². The van der Waals surface area contributed by atoms with Crippen molar-refractivity contribution in [3.8, 4) is 11.1 Å². The van der Waals surface area contributed by atoms with E-state index < -0.39 is 0 Å². The zero-order chi connectivity index (χ0) is 18.5. The lowest BCUT2D eigenvalue weighted by atomic mass is 10.0. The lowest BCUT2D eigenvalue weighted by Crippen LogP contribution is -2.28. The van der Waals surface area contributed by atoms with Gasteiger partial charge in [0.1, 0.15) is 0 Å². The highest BCUT2D eigenvalue weighted by Crippen LogP contribution is 2.23. The van der Waals surface area contributed by atoms with E-state index in [0.717, 1.165) is 35.5 Å². The molecule has 1 aromatic carbocycles. The lowest BCUT2D eigenvalue weighted by Gasteiger charge is -2.17. The van der Waals surface area contributed by atoms with Gasteiger partial charge in [0.25, 0.3) is 5.91 Å². The fourth-order valence-electron chi connectivity index (χ4n) is 2.99. The molecule has 0 saturated carbocycles. The van der Waals surface area contributed by atoms with Crippen LogP contribution in [0.4, 0.5) is 0 Å². The number of hydrogen-bond donors (Lipinski definition) is 0. The van der Waals surface area contributed by atoms with Crippen LogP contribution in [0.2, 0.25) is 0 Å². The summed E-state index contributed by atoms with van der Waals surface area (Å²) in [5, 5.41) is 4.39. The molecule has 0 saturated heterocycles. The van der Waals surface area contributed by atoms with E-state index in [1.54, 1.807) is 11.1 Å². The zero-order valence-electron chi connectivity index (χ0n) is 15.5. The molecule has 0 atom stereocenters. The van der Waals surface area contributed by atoms with Crippen LogP contribution in [0.25, 0.3) is 11.1 Å². The maximum atomic E-state index is 12.6. The Morgan fingerprint density at radius 3 is 2.54 bits per heavy atom. The molecule has 0 spiro atoms. The summed E-state index contributed by atoms with van der Waals surface area (Å²) in [6, 6.07) is 13.6. The molecule has 1 amide bonds. The maximum Gasteiger partial charge on any atom is 0.253 e. The number of amides is 1. The second-order valence-corrected chi connectivity index (χ2v) is 6.33. The van der Waals surface area contributed by atoms with Gasteiger partial charge in [-0.2, -0.15) is 5.10 Å². The van der Waals surface area contributed by atoms with Gasteiger partial charge in [0, 0.05) is 55.3 Å². The highest BCUT2D eigenvalue weighted by molar-refractivity contribution is 5.94. The van der Waals surface area contributed by atoms with Crippen LogP contribution < -0.4 is 0 Å². The van der Waals surface area contributed by atoms with Gasteiger partial charge in [0.15, 0.2) is 0 Å². The van der Waals surface area contributed by atoms with Crippen LogP contribution in [0, 0.1) is 6.92 Å². The number of pyridine rings is 1. The largest absolute Gasteiger partial charge is 0.341 e. The fourth-order valence-corrected chi connectivity index (χ4v) is 2.99. The molecule has 0 fully saturated rings. The second-order valence-electron chi connectivity index (χ2n) is 6.33. The van der Waals surface area contributed by atoms with Crippen LogP contribution in [0.5, 0.6) is 0 Å². The fraction of sp³-hybridized carbons (Fsp3) is 0.286. The third kappa shape index (κ3) is 3.82. The number of carbonyl (C=O) groups excluding carboxylic acids is 1. The van der Waals surface area contributed by atoms with Gasteiger partial charge in [0.2, 0.25) is 0 Å². The highest BCUT2D eigenvalue weighted by atomic mass is 16.2. The number of rotatable bonds is 6. The van der Waals surface area contributed by atoms with Crippen LogP contribution in [0.15, 0.2) is 54.9 Å². The van der Waals surface area contributed by atoms with Crippen molar-refractivity contribution < 1.29 is 4.79 Å². The van der Waals surface area contributed by atoms with Gasteiger partial charge in [-0.25, -0.2) is 0 Å². The van der Waals surface area contributed by atoms with Gasteiger partial charge in [0.05, 0.1) is 6.20 Å². The number of hydrogen-bond acceptors (Lipinski definition) is 3. The molecule has 26 heavy (non-hydrogen) atoms. The summed E-state index contributed by atoms with van der Waals surface area (Å²) < 4.78 is 1.97. The van der Waals surface area contributed by atoms with Crippen molar-refractivity contribution in [2.24, 2.45) is 0 Å². The predicted octanol–water partition coefficient (Wildman–Crippen LogP) is 3.59. The molecular formula is C21H24N4O. The number of nitrogens with zero attached hydrogens (tertiary/aromatic N) is 4. The maximum absolute atomic E-state index is 12.6. The van der Waals surface area contributed by atoms with Gasteiger partial charge in [-0.1, -0.05) is 18.2 Å². The predicted molar refractivity (Wildman–Crippen MR) is 103 cm³/mol. The minimum absolute atomic E-state index is 0.0217. The lowest BCUT2D eigenvalue weighted by molar-refractivity contribution is 0.0796. The van der Waals surface area contributed by atoms with E-state index in [1.807, 2.05) is 60.4 Å². The summed E-state index contributed by atoms with van der Waals surface area (Å²) in [5.74, 6) is 0.0217. The minimum Gasteiger partial charge on any atom is -0.341 e. The Morgan fingerprint density at radius 1 is 1.15 bits per heavy atom. The van der Waals surface area contributed by atoms with E-state index in [4.69, 9.17) is 0 Å². The third-order valence-corrected chi connectivity index (χ3v) is 4.62. The van der Waals surface area contributed by atoms with Gasteiger partial charge in [-0.3, -0.25) is 14.5 Å². The molecule has 3 aromatic rings. The summed E-state index contributed by atoms with van der Waals surface area (Å²) >= 11 is 0. The monoisotopic (exact) mass is 348 g/mol. The van der Waals surface area contributed by atoms with Crippen molar-refractivity contribution in [2.45, 2.75) is 26.8 Å². The first-order valence-corrected chi connectivity index (χ1v) is 8.88. The SMILES string of the molecule is CCn1ncc(-c2ccc(C(=O)N(C)CCc3ccccn3)cc2)c1C. The molecule has 5 nitrogen and oxygen atoms in total. The van der Waals surface area contributed by atoms with Crippen molar-refractivity contribution >= 4 is 5.91 Å². The van der Waals surface area contributed by atoms with Crippen molar-refractivity contribution in [3.05, 3.63) is 71.8 Å². The summed E-state index contributed by atoms with van der Waals surface area (Å²) in [5.41, 5.74) is 5.01. The zero-order valence-corrected chi connectivity index (χ0v) is 15.5. The molecule has 0 aliphatic carbocycles. The van der Waals surface area contributed by atoms with E-state index >= 15 is 0 Å². The molecular weight excluding hydrogens is 324 g/mol. The molecule has 0 unspecified atom stereocenters. The van der Waals surface area contributed by atoms with Gasteiger partial charge < -0.3 is 4.90 Å². The molecule has 0 aliphatic rings. The number of aryl methyl sites for hydroxylation is 1. The summed E-state index contributed by atoms with van der Waals surface area (Å²) in [6.45, 7) is 5.63. The smallest absolute Gasteiger partial charge is 0.253 e. The minimum atomic E-state index is 0.0217. The summed E-state index contributed by atoms with van der Waals surface area (Å²) in [7, 11) is 1.83. The highest BCUT2D eigenvalue weighted by Gasteiger charge is 2.13. The van der Waals surface area contributed by atoms with Crippen LogP contribution in [-0.2, 0) is 13.0 Å². The Bertz CT molecular complexity index is 869. The Balaban J connectivity index is 1.67. The average molecular weight is 348 g/mol. The molecule has 2 aromatic heterocycles. The molecule has 0 N–H and O–H groups in total. The molecule has 3 rings (SSSR count). The van der Waals surface area contributed by atoms with E-state index in [2.05, 4.69) is 23.9 Å². The quantitative estimate of drug-likeness (QED) is 0.684. The first-order chi connectivity index (χ1) is 12.6. The van der Waals surface area contributed by atoms with E-state index in [-0.39, 0.29) is 5.91 Å². The summed E-state index contributed by atoms with van der Waals surface area (Å²) in [6.07, 6.45) is 4.41. The Kier molecular flexibility index (Phi) is 5.46. The van der Waals surface area contributed by atoms with Crippen molar-refractivity contribution in [1.29, 1.82) is 0 Å². The topological polar surface area (TPSA) is 51.0 Å². The Labute approximate surface area is 154 Å². The van der Waals surface area contributed by atoms with Crippen LogP contribution in [0.1, 0.15) is 28.7 Å². The van der Waals surface area contributed by atoms with Crippen LogP contribution in [0.3, 0.4) is 0 Å². The van der Waals surface area contributed by atoms with Crippen LogP contribution in [-0.4, -0.2) is 39.2 Å². The molecule has 5 heteroatoms. The Morgan fingerprint density at radius 2 is 1.92 bits per heavy atom. The van der Waals surface area contributed by atoms with Crippen LogP contribution >= 0.6 is 0 Å². The van der Waals surface area contributed by atoms with Crippen molar-refractivity contribution in [1.82, 2.24) is 19.7 Å². The van der Waals surface area contributed by atoms with E-state index in [0.29, 0.717) is 12.1 Å². The number of carbonyl (C=O) groups is 1. The van der Waals surface area contributed by atoms with Crippen molar-refractivity contribution in [2.75, 3.05) is 13.6 Å². The second kappa shape index (κ2) is 7.95. The molecule has 134 valence electrons. The van der Waals surface area contributed by atoms with E-state index in [1.165, 1.54) is 0 Å². The summed E-state index contributed by atoms with van der Waals surface area (Å²) in [4.78, 5) is 18.7. The van der Waals surface area contributed by atoms with Gasteiger partial charge in [-0.05, 0) is 43.7 Å². The standard InChI is InChI=1S/C21H24N4O/c1-4-25-16(2)20(15-23-25)17-8-10-18(11-9-17)21(26)24(3)14-12-19-7-5-6-13-22-19/h5-11,13,15H,4,12,14H2,1-3H3. The first kappa shape index (κ1) is 17.9. The average Bonchev–Trinajstić information content (AvgIpc) is 3.07. The number of likely N-dealkylation sites (N-methyl/N-ethyl adjacent to an activating group) is 1. The van der Waals surface area contributed by atoms with Gasteiger partial charge in [-0.15, -0.1) is 0 Å². The molecule has 0 bridgehead atoms.